The van der Waals surface area contributed by atoms with Gasteiger partial charge in [-0.15, -0.1) is 0 Å². The first-order valence-electron chi connectivity index (χ1n) is 23.1. The lowest BCUT2D eigenvalue weighted by Crippen LogP contribution is -2.52. The van der Waals surface area contributed by atoms with Crippen molar-refractivity contribution in [3.05, 3.63) is 111 Å². The predicted molar refractivity (Wildman–Crippen MR) is 248 cm³/mol. The standard InChI is InChI=1S/C50H51ClF4N8O6/c1-48(2,3)17-39-49(24-57-35-16-38(50(53,54)55)56-18-32(35)49)41(31-6-5-7-33(51)42(31)52)43(59-39)45(66)58-34-11-8-25(15-37(34)69-4)46(67)62-21-27-19-61(20-28(27)22-62)29-9-10-30-26(14-29)23-63(47(30)68)36-12-13-40(64)60-44(36)65/h5-11,14-16,18,27-28,36,39,41,43,57,59H,12-13,17,19-24H2,1-4H3,(H,58,66)(H,60,64,65)/t27-,28-,36?,39-,41-,43+,49-/m0/s1. The molecular weight excluding hydrogens is 920 g/mol. The van der Waals surface area contributed by atoms with Crippen LogP contribution in [-0.2, 0) is 32.5 Å². The summed E-state index contributed by atoms with van der Waals surface area (Å²) in [6, 6.07) is 13.6. The Morgan fingerprint density at radius 2 is 1.74 bits per heavy atom. The molecule has 4 aromatic rings. The summed E-state index contributed by atoms with van der Waals surface area (Å²) in [5, 5.41) is 11.8. The summed E-state index contributed by atoms with van der Waals surface area (Å²) in [6.07, 6.45) is -2.59. The minimum absolute atomic E-state index is 0.0824. The van der Waals surface area contributed by atoms with Gasteiger partial charge in [-0.25, -0.2) is 4.39 Å². The number of ether oxygens (including phenoxy) is 1. The first-order valence-corrected chi connectivity index (χ1v) is 23.4. The summed E-state index contributed by atoms with van der Waals surface area (Å²) in [7, 11) is 1.42. The van der Waals surface area contributed by atoms with E-state index < -0.39 is 59.0 Å². The second kappa shape index (κ2) is 17.0. The van der Waals surface area contributed by atoms with Gasteiger partial charge < -0.3 is 35.4 Å². The largest absolute Gasteiger partial charge is 0.495 e. The molecule has 7 heterocycles. The van der Waals surface area contributed by atoms with Crippen molar-refractivity contribution in [3.63, 3.8) is 0 Å². The van der Waals surface area contributed by atoms with E-state index in [1.807, 2.05) is 37.8 Å². The number of aromatic nitrogens is 1. The van der Waals surface area contributed by atoms with Crippen LogP contribution in [0.1, 0.15) is 89.1 Å². The van der Waals surface area contributed by atoms with Crippen LogP contribution in [0, 0.1) is 23.1 Å². The topological polar surface area (TPSA) is 165 Å². The number of hydrogen-bond acceptors (Lipinski definition) is 10. The van der Waals surface area contributed by atoms with Crippen molar-refractivity contribution in [1.29, 1.82) is 0 Å². The first kappa shape index (κ1) is 46.5. The van der Waals surface area contributed by atoms with Gasteiger partial charge in [0.25, 0.3) is 11.8 Å². The molecule has 3 aromatic carbocycles. The molecule has 1 aromatic heterocycles. The van der Waals surface area contributed by atoms with Crippen LogP contribution in [0.4, 0.5) is 34.6 Å². The Bertz CT molecular complexity index is 2810. The Kier molecular flexibility index (Phi) is 11.4. The zero-order valence-electron chi connectivity index (χ0n) is 38.3. The molecule has 5 amide bonds. The third kappa shape index (κ3) is 8.12. The number of hydrogen-bond donors (Lipinski definition) is 4. The number of nitrogens with one attached hydrogen (secondary N) is 4. The van der Waals surface area contributed by atoms with Gasteiger partial charge in [-0.3, -0.25) is 34.3 Å². The number of likely N-dealkylation sites (tertiary alicyclic amines) is 1. The quantitative estimate of drug-likeness (QED) is 0.110. The van der Waals surface area contributed by atoms with E-state index in [9.17, 15) is 37.1 Å². The normalized spacial score (nSPS) is 26.3. The van der Waals surface area contributed by atoms with Gasteiger partial charge in [0.15, 0.2) is 0 Å². The van der Waals surface area contributed by atoms with Gasteiger partial charge in [-0.1, -0.05) is 44.5 Å². The van der Waals surface area contributed by atoms with Gasteiger partial charge in [0.1, 0.15) is 23.3 Å². The average Bonchev–Trinajstić information content (AvgIpc) is 4.12. The molecule has 0 bridgehead atoms. The molecule has 0 aliphatic carbocycles. The number of carbonyl (C=O) groups excluding carboxylic acids is 5. The molecule has 14 nitrogen and oxygen atoms in total. The van der Waals surface area contributed by atoms with Gasteiger partial charge >= 0.3 is 6.18 Å². The van der Waals surface area contributed by atoms with Crippen LogP contribution < -0.4 is 30.9 Å². The minimum Gasteiger partial charge on any atom is -0.495 e. The number of alkyl halides is 3. The lowest BCUT2D eigenvalue weighted by Gasteiger charge is -2.39. The van der Waals surface area contributed by atoms with E-state index in [4.69, 9.17) is 16.3 Å². The van der Waals surface area contributed by atoms with Crippen molar-refractivity contribution in [3.8, 4) is 5.75 Å². The molecule has 4 fully saturated rings. The molecule has 4 N–H and O–H groups in total. The third-order valence-corrected chi connectivity index (χ3v) is 15.2. The maximum absolute atomic E-state index is 16.3. The second-order valence-electron chi connectivity index (χ2n) is 20.4. The molecule has 69 heavy (non-hydrogen) atoms. The Labute approximate surface area is 400 Å². The highest BCUT2D eigenvalue weighted by atomic mass is 35.5. The number of rotatable bonds is 8. The molecule has 10 rings (SSSR count). The fraction of sp³-hybridized carbons (Fsp3) is 0.440. The number of nitrogens with zero attached hydrogens (tertiary/aromatic N) is 4. The Hall–Kier alpha value is -6.27. The maximum Gasteiger partial charge on any atom is 0.433 e. The van der Waals surface area contributed by atoms with E-state index in [0.29, 0.717) is 49.3 Å². The summed E-state index contributed by atoms with van der Waals surface area (Å²) in [5.74, 6) is -2.90. The van der Waals surface area contributed by atoms with Crippen LogP contribution in [0.15, 0.2) is 66.9 Å². The van der Waals surface area contributed by atoms with Crippen LogP contribution in [0.2, 0.25) is 5.02 Å². The van der Waals surface area contributed by atoms with Gasteiger partial charge in [0, 0.05) is 109 Å². The molecule has 4 saturated heterocycles. The predicted octanol–water partition coefficient (Wildman–Crippen LogP) is 6.73. The lowest BCUT2D eigenvalue weighted by molar-refractivity contribution is -0.141. The number of methoxy groups -OCH3 is 1. The Morgan fingerprint density at radius 1 is 0.986 bits per heavy atom. The lowest BCUT2D eigenvalue weighted by atomic mass is 9.63. The van der Waals surface area contributed by atoms with Gasteiger partial charge in [0.2, 0.25) is 17.7 Å². The van der Waals surface area contributed by atoms with Crippen LogP contribution in [-0.4, -0.2) is 102 Å². The number of amides is 5. The highest BCUT2D eigenvalue weighted by Crippen LogP contribution is 2.57. The summed E-state index contributed by atoms with van der Waals surface area (Å²) in [6.45, 7) is 8.84. The molecule has 362 valence electrons. The molecule has 0 saturated carbocycles. The molecule has 19 heteroatoms. The summed E-state index contributed by atoms with van der Waals surface area (Å²) in [5.41, 5.74) is 1.12. The van der Waals surface area contributed by atoms with Crippen LogP contribution in [0.5, 0.6) is 5.75 Å². The van der Waals surface area contributed by atoms with E-state index >= 15 is 4.39 Å². The molecule has 1 spiro atoms. The number of imide groups is 1. The Balaban J connectivity index is 0.853. The Morgan fingerprint density at radius 3 is 2.43 bits per heavy atom. The number of carbonyl (C=O) groups is 5. The highest BCUT2D eigenvalue weighted by Gasteiger charge is 2.62. The van der Waals surface area contributed by atoms with Gasteiger partial charge in [-0.2, -0.15) is 13.2 Å². The number of halogens is 5. The zero-order chi connectivity index (χ0) is 48.9. The van der Waals surface area contributed by atoms with Crippen LogP contribution in [0.25, 0.3) is 0 Å². The fourth-order valence-corrected chi connectivity index (χ4v) is 12.0. The van der Waals surface area contributed by atoms with Crippen LogP contribution >= 0.6 is 11.6 Å². The number of anilines is 3. The van der Waals surface area contributed by atoms with Gasteiger partial charge in [0.05, 0.1) is 23.9 Å². The average molecular weight is 971 g/mol. The highest BCUT2D eigenvalue weighted by molar-refractivity contribution is 6.30. The monoisotopic (exact) mass is 970 g/mol. The number of pyridine rings is 1. The number of piperidine rings is 1. The van der Waals surface area contributed by atoms with Crippen molar-refractivity contribution in [2.45, 2.75) is 82.2 Å². The second-order valence-corrected chi connectivity index (χ2v) is 20.8. The smallest absolute Gasteiger partial charge is 0.433 e. The molecule has 0 radical (unpaired) electrons. The first-order chi connectivity index (χ1) is 32.7. The van der Waals surface area contributed by atoms with Gasteiger partial charge in [-0.05, 0) is 77.9 Å². The van der Waals surface area contributed by atoms with E-state index in [1.165, 1.54) is 24.3 Å². The van der Waals surface area contributed by atoms with E-state index in [2.05, 4.69) is 31.2 Å². The van der Waals surface area contributed by atoms with Crippen LogP contribution in [0.3, 0.4) is 0 Å². The maximum atomic E-state index is 16.3. The molecule has 7 atom stereocenters. The minimum atomic E-state index is -4.70. The molecule has 6 aliphatic rings. The van der Waals surface area contributed by atoms with E-state index in [-0.39, 0.29) is 88.6 Å². The zero-order valence-corrected chi connectivity index (χ0v) is 39.1. The molecule has 1 unspecified atom stereocenters. The third-order valence-electron chi connectivity index (χ3n) is 14.9. The van der Waals surface area contributed by atoms with Crippen molar-refractivity contribution in [2.24, 2.45) is 17.3 Å². The summed E-state index contributed by atoms with van der Waals surface area (Å²) < 4.78 is 63.7. The van der Waals surface area contributed by atoms with Crippen molar-refractivity contribution in [1.82, 2.24) is 25.4 Å². The summed E-state index contributed by atoms with van der Waals surface area (Å²) in [4.78, 5) is 75.8. The number of benzene rings is 3. The molecule has 6 aliphatic heterocycles. The van der Waals surface area contributed by atoms with Crippen molar-refractivity contribution >= 4 is 58.2 Å². The molecular formula is C50H51ClF4N8O6. The van der Waals surface area contributed by atoms with E-state index in [1.54, 1.807) is 36.4 Å². The summed E-state index contributed by atoms with van der Waals surface area (Å²) >= 11 is 6.37. The van der Waals surface area contributed by atoms with Crippen molar-refractivity contribution < 1.29 is 46.3 Å². The van der Waals surface area contributed by atoms with E-state index in [0.717, 1.165) is 17.3 Å². The number of fused-ring (bicyclic) bond motifs is 4. The van der Waals surface area contributed by atoms with Crippen molar-refractivity contribution in [2.75, 3.05) is 55.4 Å². The SMILES string of the molecule is COc1cc(C(=O)N2C[C@@H]3CN(c4ccc5c(c4)CN(C4CCC(=O)NC4=O)C5=O)C[C@H]3C2)ccc1NC(=O)[C@@H]1N[C@@H](CC(C)(C)C)[C@@]2(CNc3cc(C(F)(F)F)ncc32)[C@H]1c1cccc(Cl)c1F. The fourth-order valence-electron chi connectivity index (χ4n) is 11.8.